The van der Waals surface area contributed by atoms with Crippen LogP contribution in [0, 0.1) is 23.1 Å². The van der Waals surface area contributed by atoms with E-state index < -0.39 is 11.8 Å². The van der Waals surface area contributed by atoms with Crippen LogP contribution >= 0.6 is 0 Å². The van der Waals surface area contributed by atoms with Crippen LogP contribution in [0.2, 0.25) is 0 Å². The highest BCUT2D eigenvalue weighted by Crippen LogP contribution is 2.37. The average Bonchev–Trinajstić information content (AvgIpc) is 3.14. The molecule has 1 atom stereocenters. The minimum atomic E-state index is -0.731. The van der Waals surface area contributed by atoms with Gasteiger partial charge in [0.25, 0.3) is 5.95 Å². The van der Waals surface area contributed by atoms with E-state index >= 15 is 0 Å². The van der Waals surface area contributed by atoms with Crippen LogP contribution in [0.4, 0.5) is 8.78 Å². The molecule has 1 fully saturated rings. The number of hydrogen-bond acceptors (Lipinski definition) is 5. The molecule has 0 bridgehead atoms. The summed E-state index contributed by atoms with van der Waals surface area (Å²) in [5, 5.41) is 12.2. The van der Waals surface area contributed by atoms with Crippen molar-refractivity contribution in [3.63, 3.8) is 0 Å². The van der Waals surface area contributed by atoms with Gasteiger partial charge in [0.15, 0.2) is 12.2 Å². The molecule has 0 spiro atoms. The Hall–Kier alpha value is -3.08. The van der Waals surface area contributed by atoms with Gasteiger partial charge in [0.2, 0.25) is 0 Å². The number of nitrogens with zero attached hydrogens (tertiary/aromatic N) is 2. The van der Waals surface area contributed by atoms with Crippen LogP contribution in [-0.2, 0) is 11.2 Å². The minimum absolute atomic E-state index is 0.000800. The fourth-order valence-electron chi connectivity index (χ4n) is 3.44. The molecule has 142 valence electrons. The lowest BCUT2D eigenvalue weighted by molar-refractivity contribution is 0.0293. The van der Waals surface area contributed by atoms with E-state index in [9.17, 15) is 8.78 Å². The Morgan fingerprint density at radius 1 is 1.25 bits per heavy atom. The summed E-state index contributed by atoms with van der Waals surface area (Å²) in [6.45, 7) is 2.09. The Kier molecular flexibility index (Phi) is 5.15. The molecular weight excluding hydrogens is 364 g/mol. The maximum atomic E-state index is 14.3. The topological polar surface area (TPSA) is 71.1 Å². The molecule has 7 heteroatoms. The maximum absolute atomic E-state index is 14.3. The van der Waals surface area contributed by atoms with E-state index in [-0.39, 0.29) is 17.4 Å². The summed E-state index contributed by atoms with van der Waals surface area (Å²) in [5.41, 5.74) is 2.39. The van der Waals surface area contributed by atoms with Crippen molar-refractivity contribution in [1.29, 1.82) is 5.26 Å². The van der Waals surface area contributed by atoms with Gasteiger partial charge in [-0.15, -0.1) is 0 Å². The molecule has 0 amide bonds. The molecule has 0 saturated carbocycles. The van der Waals surface area contributed by atoms with Gasteiger partial charge >= 0.3 is 0 Å². The number of nitrogens with one attached hydrogen (secondary N) is 1. The van der Waals surface area contributed by atoms with Gasteiger partial charge in [-0.1, -0.05) is 24.3 Å². The third-order valence-corrected chi connectivity index (χ3v) is 4.75. The highest BCUT2D eigenvalue weighted by molar-refractivity contribution is 5.84. The fraction of sp³-hybridized carbons (Fsp3) is 0.238. The third kappa shape index (κ3) is 3.52. The van der Waals surface area contributed by atoms with Crippen LogP contribution < -0.4 is 5.32 Å². The Labute approximate surface area is 160 Å². The van der Waals surface area contributed by atoms with Gasteiger partial charge in [0.05, 0.1) is 18.3 Å². The molecule has 4 rings (SSSR count). The second-order valence-electron chi connectivity index (χ2n) is 6.52. The standard InChI is InChI=1S/C21H17F2N3O2/c22-18-9-13(4-5-15(18)10-24)17-3-1-2-14(8-16-11-25-6-7-27-16)19(17)20-21(23)26-12-28-20/h1-5,9,12,16,25H,6-8,11H2. The second kappa shape index (κ2) is 7.89. The lowest BCUT2D eigenvalue weighted by atomic mass is 9.90. The first-order valence-corrected chi connectivity index (χ1v) is 8.91. The number of oxazole rings is 1. The van der Waals surface area contributed by atoms with Gasteiger partial charge in [-0.05, 0) is 28.8 Å². The first-order chi connectivity index (χ1) is 13.7. The van der Waals surface area contributed by atoms with Gasteiger partial charge in [0.1, 0.15) is 11.9 Å². The van der Waals surface area contributed by atoms with Crippen molar-refractivity contribution in [3.05, 3.63) is 65.7 Å². The molecule has 1 saturated heterocycles. The smallest absolute Gasteiger partial charge is 0.259 e. The van der Waals surface area contributed by atoms with Gasteiger partial charge in [0, 0.05) is 25.1 Å². The number of ether oxygens (including phenoxy) is 1. The quantitative estimate of drug-likeness (QED) is 0.746. The Morgan fingerprint density at radius 2 is 2.14 bits per heavy atom. The van der Waals surface area contributed by atoms with E-state index in [1.54, 1.807) is 18.2 Å². The van der Waals surface area contributed by atoms with Crippen LogP contribution in [0.5, 0.6) is 0 Å². The lowest BCUT2D eigenvalue weighted by Crippen LogP contribution is -2.39. The van der Waals surface area contributed by atoms with Crippen molar-refractivity contribution in [2.24, 2.45) is 0 Å². The molecule has 28 heavy (non-hydrogen) atoms. The molecule has 0 aliphatic carbocycles. The highest BCUT2D eigenvalue weighted by atomic mass is 19.1. The summed E-state index contributed by atoms with van der Waals surface area (Å²) in [6, 6.07) is 11.6. The number of benzene rings is 2. The van der Waals surface area contributed by atoms with E-state index in [2.05, 4.69) is 10.3 Å². The van der Waals surface area contributed by atoms with Crippen molar-refractivity contribution in [1.82, 2.24) is 10.3 Å². The summed E-state index contributed by atoms with van der Waals surface area (Å²) in [6.07, 6.45) is 1.52. The van der Waals surface area contributed by atoms with E-state index in [4.69, 9.17) is 14.4 Å². The molecule has 2 aromatic carbocycles. The van der Waals surface area contributed by atoms with Crippen molar-refractivity contribution >= 4 is 0 Å². The van der Waals surface area contributed by atoms with Gasteiger partial charge in [-0.25, -0.2) is 4.39 Å². The second-order valence-corrected chi connectivity index (χ2v) is 6.52. The molecule has 0 radical (unpaired) electrons. The molecule has 1 aliphatic heterocycles. The zero-order chi connectivity index (χ0) is 19.5. The fourth-order valence-corrected chi connectivity index (χ4v) is 3.44. The van der Waals surface area contributed by atoms with Crippen LogP contribution in [0.3, 0.4) is 0 Å². The monoisotopic (exact) mass is 381 g/mol. The summed E-state index contributed by atoms with van der Waals surface area (Å²) in [4.78, 5) is 3.57. The summed E-state index contributed by atoms with van der Waals surface area (Å²) in [7, 11) is 0. The van der Waals surface area contributed by atoms with Crippen molar-refractivity contribution in [3.8, 4) is 28.5 Å². The van der Waals surface area contributed by atoms with Crippen molar-refractivity contribution in [2.75, 3.05) is 19.7 Å². The predicted octanol–water partition coefficient (Wildman–Crippen LogP) is 3.69. The Balaban J connectivity index is 1.84. The number of rotatable bonds is 4. The molecule has 1 N–H and O–H groups in total. The van der Waals surface area contributed by atoms with Gasteiger partial charge in [-0.2, -0.15) is 14.6 Å². The van der Waals surface area contributed by atoms with Crippen molar-refractivity contribution < 1.29 is 17.9 Å². The van der Waals surface area contributed by atoms with Crippen molar-refractivity contribution in [2.45, 2.75) is 12.5 Å². The molecule has 5 nitrogen and oxygen atoms in total. The minimum Gasteiger partial charge on any atom is -0.440 e. The first kappa shape index (κ1) is 18.3. The van der Waals surface area contributed by atoms with E-state index in [0.717, 1.165) is 18.5 Å². The largest absolute Gasteiger partial charge is 0.440 e. The average molecular weight is 381 g/mol. The number of aromatic nitrogens is 1. The van der Waals surface area contributed by atoms with E-state index in [1.807, 2.05) is 12.1 Å². The SMILES string of the molecule is N#Cc1ccc(-c2cccc(CC3CNCCO3)c2-c2ocnc2F)cc1F. The molecule has 1 aromatic heterocycles. The lowest BCUT2D eigenvalue weighted by Gasteiger charge is -2.25. The van der Waals surface area contributed by atoms with E-state index in [1.165, 1.54) is 12.1 Å². The van der Waals surface area contributed by atoms with Crippen LogP contribution in [0.15, 0.2) is 47.2 Å². The third-order valence-electron chi connectivity index (χ3n) is 4.75. The van der Waals surface area contributed by atoms with Crippen LogP contribution in [0.25, 0.3) is 22.5 Å². The normalized spacial score (nSPS) is 16.7. The Bertz CT molecular complexity index is 1040. The molecule has 3 aromatic rings. The molecule has 1 unspecified atom stereocenters. The van der Waals surface area contributed by atoms with Crippen LogP contribution in [-0.4, -0.2) is 30.8 Å². The van der Waals surface area contributed by atoms with Crippen LogP contribution in [0.1, 0.15) is 11.1 Å². The first-order valence-electron chi connectivity index (χ1n) is 8.91. The summed E-state index contributed by atoms with van der Waals surface area (Å²) in [5.74, 6) is -1.36. The van der Waals surface area contributed by atoms with E-state index in [0.29, 0.717) is 36.3 Å². The van der Waals surface area contributed by atoms with Gasteiger partial charge < -0.3 is 14.5 Å². The highest BCUT2D eigenvalue weighted by Gasteiger charge is 2.23. The summed E-state index contributed by atoms with van der Waals surface area (Å²) < 4.78 is 39.6. The zero-order valence-electron chi connectivity index (χ0n) is 14.9. The molecule has 1 aliphatic rings. The summed E-state index contributed by atoms with van der Waals surface area (Å²) >= 11 is 0. The number of morpholine rings is 1. The predicted molar refractivity (Wildman–Crippen MR) is 98.3 cm³/mol. The molecular formula is C21H17F2N3O2. The molecule has 2 heterocycles. The number of nitriles is 1. The van der Waals surface area contributed by atoms with Gasteiger partial charge in [-0.3, -0.25) is 0 Å². The Morgan fingerprint density at radius 3 is 2.82 bits per heavy atom. The number of hydrogen-bond donors (Lipinski definition) is 1. The number of halogens is 2. The zero-order valence-corrected chi connectivity index (χ0v) is 14.9. The maximum Gasteiger partial charge on any atom is 0.259 e.